The van der Waals surface area contributed by atoms with Gasteiger partial charge in [-0.2, -0.15) is 0 Å². The number of halogens is 1. The number of hydrogen-bond acceptors (Lipinski definition) is 7. The van der Waals surface area contributed by atoms with Gasteiger partial charge in [-0.15, -0.1) is 0 Å². The summed E-state index contributed by atoms with van der Waals surface area (Å²) in [5.74, 6) is 2.46. The summed E-state index contributed by atoms with van der Waals surface area (Å²) in [5.41, 5.74) is 2.08. The van der Waals surface area contributed by atoms with Gasteiger partial charge in [-0.05, 0) is 37.5 Å². The number of aryl methyl sites for hydroxylation is 1. The van der Waals surface area contributed by atoms with Gasteiger partial charge in [-0.3, -0.25) is 18.3 Å². The molecule has 170 valence electrons. The minimum atomic E-state index is -0.182. The Morgan fingerprint density at radius 3 is 2.62 bits per heavy atom. The van der Waals surface area contributed by atoms with Crippen LogP contribution >= 0.6 is 22.9 Å². The van der Waals surface area contributed by atoms with Crippen LogP contribution in [0.15, 0.2) is 35.0 Å². The lowest BCUT2D eigenvalue weighted by molar-refractivity contribution is 0.169. The summed E-state index contributed by atoms with van der Waals surface area (Å²) in [5, 5.41) is 7.67. The summed E-state index contributed by atoms with van der Waals surface area (Å²) < 4.78 is 17.6. The Kier molecular flexibility index (Phi) is 6.99. The van der Waals surface area contributed by atoms with E-state index < -0.39 is 0 Å². The first-order valence-corrected chi connectivity index (χ1v) is 11.4. The minimum absolute atomic E-state index is 0.165. The normalized spacial score (nSPS) is 15.0. The van der Waals surface area contributed by atoms with Crippen LogP contribution in [0.2, 0.25) is 0 Å². The summed E-state index contributed by atoms with van der Waals surface area (Å²) in [7, 11) is 3.27. The van der Waals surface area contributed by atoms with Crippen molar-refractivity contribution < 1.29 is 18.8 Å². The van der Waals surface area contributed by atoms with E-state index in [1.165, 1.54) is 5.56 Å². The first-order valence-electron chi connectivity index (χ1n) is 10.4. The molecule has 4 rings (SSSR count). The number of amides is 2. The minimum Gasteiger partial charge on any atom is -0.493 e. The Balaban J connectivity index is 1.38. The highest BCUT2D eigenvalue weighted by Gasteiger charge is 2.27. The third-order valence-electron chi connectivity index (χ3n) is 5.67. The average Bonchev–Trinajstić information content (AvgIpc) is 3.22. The van der Waals surface area contributed by atoms with Gasteiger partial charge >= 0.3 is 6.03 Å². The van der Waals surface area contributed by atoms with Crippen molar-refractivity contribution >= 4 is 45.6 Å². The maximum absolute atomic E-state index is 12.5. The van der Waals surface area contributed by atoms with E-state index in [4.69, 9.17) is 14.0 Å². The van der Waals surface area contributed by atoms with E-state index in [1.807, 2.05) is 18.3 Å². The molecule has 1 fully saturated rings. The van der Waals surface area contributed by atoms with Gasteiger partial charge in [0.05, 0.1) is 42.6 Å². The van der Waals surface area contributed by atoms with E-state index in [9.17, 15) is 4.79 Å². The molecule has 1 saturated heterocycles. The molecule has 10 heteroatoms. The molecule has 1 aliphatic heterocycles. The number of carbonyl (C=O) groups excluding carboxylic acids is 1. The van der Waals surface area contributed by atoms with E-state index >= 15 is 0 Å². The Labute approximate surface area is 200 Å². The van der Waals surface area contributed by atoms with E-state index in [1.54, 1.807) is 30.3 Å². The van der Waals surface area contributed by atoms with Crippen LogP contribution in [-0.4, -0.2) is 57.5 Å². The molecule has 0 bridgehead atoms. The maximum atomic E-state index is 12.5. The summed E-state index contributed by atoms with van der Waals surface area (Å²) in [6.45, 7) is 4.40. The topological polar surface area (TPSA) is 93.0 Å². The number of fused-ring (bicyclic) bond motifs is 1. The molecule has 9 nitrogen and oxygen atoms in total. The number of nitrogens with zero attached hydrogens (tertiary/aromatic N) is 4. The van der Waals surface area contributed by atoms with Crippen molar-refractivity contribution in [2.24, 2.45) is 0 Å². The number of piperidine rings is 1. The van der Waals surface area contributed by atoms with Gasteiger partial charge in [-0.25, -0.2) is 4.79 Å². The van der Waals surface area contributed by atoms with Gasteiger partial charge in [-0.1, -0.05) is 5.16 Å². The number of aromatic nitrogens is 2. The second-order valence-electron chi connectivity index (χ2n) is 7.77. The Morgan fingerprint density at radius 1 is 1.25 bits per heavy atom. The molecule has 0 atom stereocenters. The molecule has 1 aromatic carbocycles. The van der Waals surface area contributed by atoms with E-state index in [2.05, 4.69) is 49.3 Å². The van der Waals surface area contributed by atoms with Gasteiger partial charge in [0, 0.05) is 49.4 Å². The van der Waals surface area contributed by atoms with E-state index in [-0.39, 0.29) is 12.1 Å². The monoisotopic (exact) mass is 551 g/mol. The van der Waals surface area contributed by atoms with Crippen LogP contribution in [0.3, 0.4) is 0 Å². The summed E-state index contributed by atoms with van der Waals surface area (Å²) >= 11 is 2.09. The molecule has 1 N–H and O–H groups in total. The van der Waals surface area contributed by atoms with Crippen LogP contribution in [-0.2, 0) is 6.54 Å². The first kappa shape index (κ1) is 22.6. The van der Waals surface area contributed by atoms with Crippen LogP contribution in [0.25, 0.3) is 10.9 Å². The first-order chi connectivity index (χ1) is 15.5. The highest BCUT2D eigenvalue weighted by Crippen LogP contribution is 2.33. The third-order valence-corrected chi connectivity index (χ3v) is 6.89. The van der Waals surface area contributed by atoms with Gasteiger partial charge in [0.2, 0.25) is 0 Å². The number of urea groups is 1. The number of nitrogens with one attached hydrogen (secondary N) is 1. The quantitative estimate of drug-likeness (QED) is 0.359. The second-order valence-corrected chi connectivity index (χ2v) is 8.81. The van der Waals surface area contributed by atoms with Gasteiger partial charge < -0.3 is 14.0 Å². The van der Waals surface area contributed by atoms with Crippen LogP contribution in [0.5, 0.6) is 11.5 Å². The fourth-order valence-corrected chi connectivity index (χ4v) is 4.64. The molecule has 0 unspecified atom stereocenters. The number of hydrogen-bond donors (Lipinski definition) is 1. The lowest BCUT2D eigenvalue weighted by Crippen LogP contribution is -2.44. The van der Waals surface area contributed by atoms with Crippen molar-refractivity contribution in [2.75, 3.05) is 32.6 Å². The largest absolute Gasteiger partial charge is 0.493 e. The molecular formula is C22H26IN5O4. The van der Waals surface area contributed by atoms with Gasteiger partial charge in [0.1, 0.15) is 5.76 Å². The summed E-state index contributed by atoms with van der Waals surface area (Å²) in [6.07, 6.45) is 3.63. The number of carbonyl (C=O) groups is 1. The molecule has 3 aromatic rings. The standard InChI is InChI=1S/C22H26IN5O4/c1-14-10-21(26-32-14)25-22(29)28(23)16-5-8-27(9-6-16)13-15-4-7-24-18-12-20(31-3)19(30-2)11-17(15)18/h4,7,10-12,16H,5-6,8-9,13H2,1-3H3,(H,25,26,29). The van der Waals surface area contributed by atoms with Crippen molar-refractivity contribution in [1.82, 2.24) is 18.2 Å². The fourth-order valence-electron chi connectivity index (χ4n) is 3.97. The van der Waals surface area contributed by atoms with Crippen molar-refractivity contribution in [3.63, 3.8) is 0 Å². The molecule has 1 aliphatic rings. The van der Waals surface area contributed by atoms with Crippen molar-refractivity contribution in [2.45, 2.75) is 32.4 Å². The van der Waals surface area contributed by atoms with Gasteiger partial charge in [0.25, 0.3) is 0 Å². The van der Waals surface area contributed by atoms with Crippen molar-refractivity contribution in [1.29, 1.82) is 0 Å². The third kappa shape index (κ3) is 4.90. The molecule has 0 saturated carbocycles. The molecule has 2 amide bonds. The smallest absolute Gasteiger partial charge is 0.332 e. The molecule has 3 heterocycles. The Bertz CT molecular complexity index is 1100. The van der Waals surface area contributed by atoms with Crippen molar-refractivity contribution in [3.05, 3.63) is 41.8 Å². The van der Waals surface area contributed by atoms with Crippen LogP contribution in [0.4, 0.5) is 10.6 Å². The van der Waals surface area contributed by atoms with Crippen LogP contribution < -0.4 is 14.8 Å². The lowest BCUT2D eigenvalue weighted by Gasteiger charge is -2.35. The summed E-state index contributed by atoms with van der Waals surface area (Å²) in [6, 6.07) is 7.64. The number of benzene rings is 1. The number of pyridine rings is 1. The molecular weight excluding hydrogens is 525 g/mol. The zero-order valence-electron chi connectivity index (χ0n) is 18.3. The molecule has 0 spiro atoms. The highest BCUT2D eigenvalue weighted by molar-refractivity contribution is 14.1. The number of ether oxygens (including phenoxy) is 2. The predicted octanol–water partition coefficient (Wildman–Crippen LogP) is 4.40. The van der Waals surface area contributed by atoms with Crippen LogP contribution in [0.1, 0.15) is 24.2 Å². The average molecular weight is 551 g/mol. The van der Waals surface area contributed by atoms with Gasteiger partial charge in [0.15, 0.2) is 17.3 Å². The highest BCUT2D eigenvalue weighted by atomic mass is 127. The molecule has 32 heavy (non-hydrogen) atoms. The number of methoxy groups -OCH3 is 2. The number of rotatable bonds is 6. The lowest BCUT2D eigenvalue weighted by atomic mass is 10.0. The van der Waals surface area contributed by atoms with E-state index in [0.717, 1.165) is 43.4 Å². The zero-order chi connectivity index (χ0) is 22.7. The van der Waals surface area contributed by atoms with Crippen molar-refractivity contribution in [3.8, 4) is 11.5 Å². The molecule has 0 aliphatic carbocycles. The summed E-state index contributed by atoms with van der Waals surface area (Å²) in [4.78, 5) is 19.4. The zero-order valence-corrected chi connectivity index (χ0v) is 20.5. The van der Waals surface area contributed by atoms with Crippen LogP contribution in [0, 0.1) is 6.92 Å². The number of anilines is 1. The molecule has 2 aromatic heterocycles. The number of likely N-dealkylation sites (tertiary alicyclic amines) is 1. The van der Waals surface area contributed by atoms with E-state index in [0.29, 0.717) is 23.1 Å². The Hall–Kier alpha value is -2.60. The second kappa shape index (κ2) is 9.90. The maximum Gasteiger partial charge on any atom is 0.332 e. The SMILES string of the molecule is COc1cc2nccc(CN3CCC(N(I)C(=O)Nc4cc(C)on4)CC3)c2cc1OC. The predicted molar refractivity (Wildman–Crippen MR) is 129 cm³/mol. The fraction of sp³-hybridized carbons (Fsp3) is 0.409. The molecule has 0 radical (unpaired) electrons. The Morgan fingerprint density at radius 2 is 1.97 bits per heavy atom.